The molecule has 108 valence electrons. The minimum atomic E-state index is -0.234. The van der Waals surface area contributed by atoms with Crippen molar-refractivity contribution in [1.29, 1.82) is 0 Å². The van der Waals surface area contributed by atoms with Gasteiger partial charge in [0.1, 0.15) is 0 Å². The second-order valence-corrected chi connectivity index (χ2v) is 5.75. The highest BCUT2D eigenvalue weighted by Crippen LogP contribution is 2.11. The summed E-state index contributed by atoms with van der Waals surface area (Å²) in [6.45, 7) is 4.32. The summed E-state index contributed by atoms with van der Waals surface area (Å²) in [4.78, 5) is 25.8. The Morgan fingerprint density at radius 2 is 2.30 bits per heavy atom. The van der Waals surface area contributed by atoms with Crippen LogP contribution in [-0.2, 0) is 4.79 Å². The number of carbonyl (C=O) groups is 2. The molecule has 0 spiro atoms. The molecule has 1 aliphatic heterocycles. The van der Waals surface area contributed by atoms with E-state index in [9.17, 15) is 9.59 Å². The largest absolute Gasteiger partial charge is 0.343 e. The molecule has 0 bridgehead atoms. The summed E-state index contributed by atoms with van der Waals surface area (Å²) in [5.74, 6) is -0.273. The van der Waals surface area contributed by atoms with Gasteiger partial charge < -0.3 is 15.5 Å². The van der Waals surface area contributed by atoms with Crippen LogP contribution in [0.3, 0.4) is 0 Å². The van der Waals surface area contributed by atoms with Gasteiger partial charge in [0.15, 0.2) is 0 Å². The van der Waals surface area contributed by atoms with Crippen molar-refractivity contribution in [1.82, 2.24) is 15.5 Å². The second-order valence-electron chi connectivity index (χ2n) is 4.83. The van der Waals surface area contributed by atoms with Gasteiger partial charge >= 0.3 is 0 Å². The van der Waals surface area contributed by atoms with Crippen molar-refractivity contribution in [2.75, 3.05) is 26.2 Å². The van der Waals surface area contributed by atoms with E-state index < -0.39 is 0 Å². The third kappa shape index (κ3) is 3.80. The number of nitrogens with one attached hydrogen (secondary N) is 2. The predicted octanol–water partition coefficient (Wildman–Crippen LogP) is 0.999. The molecule has 1 aromatic carbocycles. The van der Waals surface area contributed by atoms with E-state index in [0.717, 1.165) is 17.6 Å². The number of rotatable bonds is 3. The van der Waals surface area contributed by atoms with Crippen LogP contribution in [0, 0.1) is 0 Å². The third-order valence-electron chi connectivity index (χ3n) is 3.31. The lowest BCUT2D eigenvalue weighted by atomic mass is 10.2. The average Bonchev–Trinajstić information content (AvgIpc) is 2.45. The van der Waals surface area contributed by atoms with E-state index in [-0.39, 0.29) is 24.4 Å². The monoisotopic (exact) mass is 339 g/mol. The van der Waals surface area contributed by atoms with E-state index in [1.165, 1.54) is 0 Å². The van der Waals surface area contributed by atoms with E-state index in [1.807, 2.05) is 13.0 Å². The summed E-state index contributed by atoms with van der Waals surface area (Å²) >= 11 is 3.32. The summed E-state index contributed by atoms with van der Waals surface area (Å²) in [6.07, 6.45) is 0. The smallest absolute Gasteiger partial charge is 0.251 e. The Balaban J connectivity index is 1.88. The summed E-state index contributed by atoms with van der Waals surface area (Å²) in [5.41, 5.74) is 0.542. The van der Waals surface area contributed by atoms with Crippen molar-refractivity contribution in [3.8, 4) is 0 Å². The van der Waals surface area contributed by atoms with Gasteiger partial charge in [0, 0.05) is 35.7 Å². The van der Waals surface area contributed by atoms with Crippen LogP contribution in [-0.4, -0.2) is 48.9 Å². The molecule has 1 aliphatic rings. The van der Waals surface area contributed by atoms with E-state index in [2.05, 4.69) is 26.6 Å². The lowest BCUT2D eigenvalue weighted by molar-refractivity contribution is -0.132. The lowest BCUT2D eigenvalue weighted by Gasteiger charge is -2.34. The van der Waals surface area contributed by atoms with Gasteiger partial charge in [-0.15, -0.1) is 0 Å². The van der Waals surface area contributed by atoms with Crippen LogP contribution in [0.2, 0.25) is 0 Å². The summed E-state index contributed by atoms with van der Waals surface area (Å²) < 4.78 is 0.840. The Labute approximate surface area is 126 Å². The zero-order valence-corrected chi connectivity index (χ0v) is 12.9. The predicted molar refractivity (Wildman–Crippen MR) is 80.5 cm³/mol. The number of hydrogen-bond acceptors (Lipinski definition) is 3. The molecule has 1 atom stereocenters. The standard InChI is InChI=1S/C14H18BrN3O2/c1-10-8-16-5-6-18(10)13(19)9-17-14(20)11-3-2-4-12(15)7-11/h2-4,7,10,16H,5-6,8-9H2,1H3,(H,17,20). The van der Waals surface area contributed by atoms with Gasteiger partial charge in [0.05, 0.1) is 6.54 Å². The van der Waals surface area contributed by atoms with Gasteiger partial charge in [0.2, 0.25) is 5.91 Å². The maximum absolute atomic E-state index is 12.1. The molecule has 0 aromatic heterocycles. The van der Waals surface area contributed by atoms with Crippen LogP contribution in [0.15, 0.2) is 28.7 Å². The number of halogens is 1. The normalized spacial score (nSPS) is 18.7. The number of nitrogens with zero attached hydrogens (tertiary/aromatic N) is 1. The van der Waals surface area contributed by atoms with Crippen molar-refractivity contribution in [3.63, 3.8) is 0 Å². The Hall–Kier alpha value is -1.40. The molecule has 6 heteroatoms. The molecule has 0 radical (unpaired) electrons. The molecule has 20 heavy (non-hydrogen) atoms. The number of benzene rings is 1. The van der Waals surface area contributed by atoms with Crippen LogP contribution < -0.4 is 10.6 Å². The third-order valence-corrected chi connectivity index (χ3v) is 3.80. The summed E-state index contributed by atoms with van der Waals surface area (Å²) in [6, 6.07) is 7.26. The lowest BCUT2D eigenvalue weighted by Crippen LogP contribution is -2.54. The quantitative estimate of drug-likeness (QED) is 0.863. The molecular weight excluding hydrogens is 322 g/mol. The van der Waals surface area contributed by atoms with Gasteiger partial charge in [-0.05, 0) is 25.1 Å². The maximum Gasteiger partial charge on any atom is 0.251 e. The van der Waals surface area contributed by atoms with Crippen LogP contribution >= 0.6 is 15.9 Å². The van der Waals surface area contributed by atoms with Gasteiger partial charge in [-0.2, -0.15) is 0 Å². The Bertz CT molecular complexity index is 507. The minimum absolute atomic E-state index is 0.0374. The summed E-state index contributed by atoms with van der Waals surface area (Å²) in [7, 11) is 0. The van der Waals surface area contributed by atoms with Crippen LogP contribution in [0.25, 0.3) is 0 Å². The fraction of sp³-hybridized carbons (Fsp3) is 0.429. The highest BCUT2D eigenvalue weighted by Gasteiger charge is 2.23. The number of hydrogen-bond donors (Lipinski definition) is 2. The molecule has 1 aromatic rings. The summed E-state index contributed by atoms with van der Waals surface area (Å²) in [5, 5.41) is 5.90. The number of piperazine rings is 1. The molecule has 2 N–H and O–H groups in total. The Kier molecular flexibility index (Phi) is 5.14. The molecule has 2 amide bonds. The van der Waals surface area contributed by atoms with Gasteiger partial charge in [-0.25, -0.2) is 0 Å². The molecule has 1 fully saturated rings. The molecule has 5 nitrogen and oxygen atoms in total. The van der Waals surface area contributed by atoms with Gasteiger partial charge in [-0.1, -0.05) is 22.0 Å². The van der Waals surface area contributed by atoms with Crippen LogP contribution in [0.5, 0.6) is 0 Å². The average molecular weight is 340 g/mol. The highest BCUT2D eigenvalue weighted by atomic mass is 79.9. The SMILES string of the molecule is CC1CNCCN1C(=O)CNC(=O)c1cccc(Br)c1. The molecule has 1 heterocycles. The molecule has 1 unspecified atom stereocenters. The first kappa shape index (κ1) is 15.0. The van der Waals surface area contributed by atoms with Crippen molar-refractivity contribution in [2.24, 2.45) is 0 Å². The molecule has 1 saturated heterocycles. The number of carbonyl (C=O) groups excluding carboxylic acids is 2. The van der Waals surface area contributed by atoms with E-state index in [0.29, 0.717) is 12.1 Å². The Morgan fingerprint density at radius 1 is 1.50 bits per heavy atom. The van der Waals surface area contributed by atoms with Crippen LogP contribution in [0.4, 0.5) is 0 Å². The first-order chi connectivity index (χ1) is 9.58. The minimum Gasteiger partial charge on any atom is -0.343 e. The maximum atomic E-state index is 12.1. The van der Waals surface area contributed by atoms with Gasteiger partial charge in [0.25, 0.3) is 5.91 Å². The second kappa shape index (κ2) is 6.85. The van der Waals surface area contributed by atoms with Crippen molar-refractivity contribution in [3.05, 3.63) is 34.3 Å². The van der Waals surface area contributed by atoms with Crippen molar-refractivity contribution < 1.29 is 9.59 Å². The molecule has 0 saturated carbocycles. The zero-order chi connectivity index (χ0) is 14.5. The van der Waals surface area contributed by atoms with E-state index in [4.69, 9.17) is 0 Å². The Morgan fingerprint density at radius 3 is 3.00 bits per heavy atom. The fourth-order valence-corrected chi connectivity index (χ4v) is 2.60. The molecular formula is C14H18BrN3O2. The fourth-order valence-electron chi connectivity index (χ4n) is 2.20. The van der Waals surface area contributed by atoms with Crippen molar-refractivity contribution >= 4 is 27.7 Å². The highest BCUT2D eigenvalue weighted by molar-refractivity contribution is 9.10. The van der Waals surface area contributed by atoms with E-state index in [1.54, 1.807) is 23.1 Å². The molecule has 0 aliphatic carbocycles. The van der Waals surface area contributed by atoms with E-state index >= 15 is 0 Å². The van der Waals surface area contributed by atoms with Crippen molar-refractivity contribution in [2.45, 2.75) is 13.0 Å². The van der Waals surface area contributed by atoms with Gasteiger partial charge in [-0.3, -0.25) is 9.59 Å². The topological polar surface area (TPSA) is 61.4 Å². The first-order valence-corrected chi connectivity index (χ1v) is 7.41. The first-order valence-electron chi connectivity index (χ1n) is 6.62. The molecule has 2 rings (SSSR count). The number of amides is 2. The van der Waals surface area contributed by atoms with Crippen LogP contribution in [0.1, 0.15) is 17.3 Å². The zero-order valence-electron chi connectivity index (χ0n) is 11.4.